The second-order valence-corrected chi connectivity index (χ2v) is 8.21. The Labute approximate surface area is 180 Å². The number of nitrogens with zero attached hydrogens (tertiary/aromatic N) is 2. The lowest BCUT2D eigenvalue weighted by molar-refractivity contribution is -0.125. The Balaban J connectivity index is 1.63. The Hall–Kier alpha value is -2.82. The number of nitrogens with one attached hydrogen (secondary N) is 1. The first-order valence-corrected chi connectivity index (χ1v) is 11.0. The fraction of sp³-hybridized carbons (Fsp3) is 0.440. The van der Waals surface area contributed by atoms with Crippen LogP contribution in [0.15, 0.2) is 54.6 Å². The number of hydrogen-bond acceptors (Lipinski definition) is 3. The quantitative estimate of drug-likeness (QED) is 0.656. The average Bonchev–Trinajstić information content (AvgIpc) is 2.80. The molecule has 30 heavy (non-hydrogen) atoms. The van der Waals surface area contributed by atoms with Gasteiger partial charge in [0.25, 0.3) is 5.91 Å². The zero-order valence-electron chi connectivity index (χ0n) is 18.1. The fourth-order valence-electron chi connectivity index (χ4n) is 3.97. The molecule has 0 atom stereocenters. The van der Waals surface area contributed by atoms with E-state index in [-0.39, 0.29) is 17.7 Å². The molecule has 1 aliphatic rings. The van der Waals surface area contributed by atoms with E-state index >= 15 is 0 Å². The summed E-state index contributed by atoms with van der Waals surface area (Å²) in [5, 5.41) is 3.08. The molecule has 160 valence electrons. The molecule has 2 amide bonds. The van der Waals surface area contributed by atoms with Gasteiger partial charge in [0.1, 0.15) is 0 Å². The second kappa shape index (κ2) is 10.8. The van der Waals surface area contributed by atoms with Gasteiger partial charge in [-0.2, -0.15) is 0 Å². The lowest BCUT2D eigenvalue weighted by Crippen LogP contribution is -2.36. The molecule has 0 bridgehead atoms. The molecule has 1 fully saturated rings. The number of benzene rings is 2. The van der Waals surface area contributed by atoms with Crippen LogP contribution in [0.4, 0.5) is 11.4 Å². The Bertz CT molecular complexity index is 812. The molecule has 0 radical (unpaired) electrons. The van der Waals surface area contributed by atoms with Crippen molar-refractivity contribution in [1.82, 2.24) is 5.32 Å². The standard InChI is InChI=1S/C25H33N3O2/c1-27(2)22-14-16-23(17-15-22)28(25(30)21-12-7-4-8-13-21)19-9-18-26-24(29)20-10-5-3-6-11-20/h4,7-8,12-17,20H,3,5-6,9-11,18-19H2,1-2H3,(H,26,29). The van der Waals surface area contributed by atoms with Gasteiger partial charge in [0, 0.05) is 50.0 Å². The molecule has 0 aromatic heterocycles. The van der Waals surface area contributed by atoms with Crippen LogP contribution in [0.1, 0.15) is 48.9 Å². The maximum absolute atomic E-state index is 13.2. The van der Waals surface area contributed by atoms with Crippen molar-refractivity contribution < 1.29 is 9.59 Å². The van der Waals surface area contributed by atoms with Crippen LogP contribution in [0.2, 0.25) is 0 Å². The van der Waals surface area contributed by atoms with Gasteiger partial charge >= 0.3 is 0 Å². The van der Waals surface area contributed by atoms with Crippen molar-refractivity contribution in [2.75, 3.05) is 37.0 Å². The van der Waals surface area contributed by atoms with Crippen LogP contribution in [0.5, 0.6) is 0 Å². The van der Waals surface area contributed by atoms with E-state index in [1.54, 1.807) is 0 Å². The molecule has 0 unspecified atom stereocenters. The molecule has 3 rings (SSSR count). The molecule has 1 N–H and O–H groups in total. The van der Waals surface area contributed by atoms with Crippen molar-refractivity contribution >= 4 is 23.2 Å². The molecule has 0 aliphatic heterocycles. The highest BCUT2D eigenvalue weighted by Crippen LogP contribution is 2.24. The third-order valence-electron chi connectivity index (χ3n) is 5.78. The molecule has 0 saturated heterocycles. The van der Waals surface area contributed by atoms with Crippen LogP contribution in [-0.2, 0) is 4.79 Å². The molecular formula is C25H33N3O2. The van der Waals surface area contributed by atoms with Crippen molar-refractivity contribution in [2.45, 2.75) is 38.5 Å². The van der Waals surface area contributed by atoms with Crippen molar-refractivity contribution in [3.8, 4) is 0 Å². The van der Waals surface area contributed by atoms with E-state index in [4.69, 9.17) is 0 Å². The minimum Gasteiger partial charge on any atom is -0.378 e. The first kappa shape index (κ1) is 21.9. The van der Waals surface area contributed by atoms with Crippen LogP contribution in [-0.4, -0.2) is 39.0 Å². The second-order valence-electron chi connectivity index (χ2n) is 8.21. The predicted molar refractivity (Wildman–Crippen MR) is 123 cm³/mol. The minimum atomic E-state index is -0.0215. The molecular weight excluding hydrogens is 374 g/mol. The van der Waals surface area contributed by atoms with Crippen LogP contribution in [0.3, 0.4) is 0 Å². The minimum absolute atomic E-state index is 0.0215. The van der Waals surface area contributed by atoms with Gasteiger partial charge in [-0.25, -0.2) is 0 Å². The van der Waals surface area contributed by atoms with E-state index in [2.05, 4.69) is 5.32 Å². The zero-order chi connectivity index (χ0) is 21.3. The molecule has 0 heterocycles. The van der Waals surface area contributed by atoms with E-state index in [0.29, 0.717) is 25.1 Å². The molecule has 2 aromatic rings. The van der Waals surface area contributed by atoms with Gasteiger partial charge in [-0.1, -0.05) is 37.5 Å². The van der Waals surface area contributed by atoms with Gasteiger partial charge in [-0.15, -0.1) is 0 Å². The van der Waals surface area contributed by atoms with E-state index in [1.165, 1.54) is 6.42 Å². The molecule has 5 heteroatoms. The molecule has 0 spiro atoms. The number of carbonyl (C=O) groups is 2. The first-order chi connectivity index (χ1) is 14.6. The maximum atomic E-state index is 13.2. The number of rotatable bonds is 8. The summed E-state index contributed by atoms with van der Waals surface area (Å²) in [6, 6.07) is 17.4. The maximum Gasteiger partial charge on any atom is 0.258 e. The Kier molecular flexibility index (Phi) is 7.89. The molecule has 5 nitrogen and oxygen atoms in total. The summed E-state index contributed by atoms with van der Waals surface area (Å²) in [5.41, 5.74) is 2.62. The molecule has 1 saturated carbocycles. The summed E-state index contributed by atoms with van der Waals surface area (Å²) in [7, 11) is 3.99. The number of hydrogen-bond donors (Lipinski definition) is 1. The Morgan fingerprint density at radius 3 is 2.17 bits per heavy atom. The zero-order valence-corrected chi connectivity index (χ0v) is 18.1. The van der Waals surface area contributed by atoms with Crippen molar-refractivity contribution in [3.05, 3.63) is 60.2 Å². The average molecular weight is 408 g/mol. The highest BCUT2D eigenvalue weighted by atomic mass is 16.2. The van der Waals surface area contributed by atoms with Crippen LogP contribution >= 0.6 is 0 Å². The van der Waals surface area contributed by atoms with Gasteiger partial charge in [0.05, 0.1) is 0 Å². The van der Waals surface area contributed by atoms with E-state index in [9.17, 15) is 9.59 Å². The molecule has 1 aliphatic carbocycles. The summed E-state index contributed by atoms with van der Waals surface area (Å²) in [4.78, 5) is 29.4. The van der Waals surface area contributed by atoms with Gasteiger partial charge < -0.3 is 15.1 Å². The predicted octanol–water partition coefficient (Wildman–Crippen LogP) is 4.49. The SMILES string of the molecule is CN(C)c1ccc(N(CCCNC(=O)C2CCCCC2)C(=O)c2ccccc2)cc1. The lowest BCUT2D eigenvalue weighted by atomic mass is 9.89. The van der Waals surface area contributed by atoms with E-state index in [0.717, 1.165) is 37.1 Å². The largest absolute Gasteiger partial charge is 0.378 e. The van der Waals surface area contributed by atoms with Crippen LogP contribution in [0.25, 0.3) is 0 Å². The number of amides is 2. The van der Waals surface area contributed by atoms with Gasteiger partial charge in [0.2, 0.25) is 5.91 Å². The number of carbonyl (C=O) groups excluding carboxylic acids is 2. The summed E-state index contributed by atoms with van der Waals surface area (Å²) in [5.74, 6) is 0.317. The first-order valence-electron chi connectivity index (χ1n) is 11.0. The van der Waals surface area contributed by atoms with Crippen LogP contribution < -0.4 is 15.1 Å². The highest BCUT2D eigenvalue weighted by Gasteiger charge is 2.21. The summed E-state index contributed by atoms with van der Waals surface area (Å²) in [6.45, 7) is 1.14. The Morgan fingerprint density at radius 2 is 1.53 bits per heavy atom. The van der Waals surface area contributed by atoms with E-state index in [1.807, 2.05) is 78.5 Å². The Morgan fingerprint density at radius 1 is 0.900 bits per heavy atom. The van der Waals surface area contributed by atoms with Crippen molar-refractivity contribution in [2.24, 2.45) is 5.92 Å². The third kappa shape index (κ3) is 5.85. The number of anilines is 2. The summed E-state index contributed by atoms with van der Waals surface area (Å²) in [6.07, 6.45) is 6.27. The topological polar surface area (TPSA) is 52.6 Å². The monoisotopic (exact) mass is 407 g/mol. The van der Waals surface area contributed by atoms with Crippen molar-refractivity contribution in [3.63, 3.8) is 0 Å². The normalized spacial score (nSPS) is 14.2. The van der Waals surface area contributed by atoms with Crippen molar-refractivity contribution in [1.29, 1.82) is 0 Å². The third-order valence-corrected chi connectivity index (χ3v) is 5.78. The van der Waals surface area contributed by atoms with Crippen LogP contribution in [0, 0.1) is 5.92 Å². The summed E-state index contributed by atoms with van der Waals surface area (Å²) >= 11 is 0. The smallest absolute Gasteiger partial charge is 0.258 e. The van der Waals surface area contributed by atoms with E-state index < -0.39 is 0 Å². The fourth-order valence-corrected chi connectivity index (χ4v) is 3.97. The highest BCUT2D eigenvalue weighted by molar-refractivity contribution is 6.06. The van der Waals surface area contributed by atoms with Gasteiger partial charge in [0.15, 0.2) is 0 Å². The lowest BCUT2D eigenvalue weighted by Gasteiger charge is -2.25. The molecule has 2 aromatic carbocycles. The summed E-state index contributed by atoms with van der Waals surface area (Å²) < 4.78 is 0. The van der Waals surface area contributed by atoms with Gasteiger partial charge in [-0.3, -0.25) is 9.59 Å². The van der Waals surface area contributed by atoms with Gasteiger partial charge in [-0.05, 0) is 55.7 Å².